The van der Waals surface area contributed by atoms with Crippen LogP contribution in [0.4, 0.5) is 0 Å². The lowest BCUT2D eigenvalue weighted by Crippen LogP contribution is -2.51. The van der Waals surface area contributed by atoms with Crippen LogP contribution >= 0.6 is 0 Å². The van der Waals surface area contributed by atoms with Gasteiger partial charge in [-0.25, -0.2) is 0 Å². The molecule has 4 aliphatic rings. The minimum atomic E-state index is 0.315. The zero-order valence-corrected chi connectivity index (χ0v) is 9.22. The quantitative estimate of drug-likeness (QED) is 0.668. The second-order valence-electron chi connectivity index (χ2n) is 5.74. The van der Waals surface area contributed by atoms with E-state index in [0.29, 0.717) is 5.60 Å². The van der Waals surface area contributed by atoms with E-state index in [2.05, 4.69) is 6.92 Å². The first-order valence-corrected chi connectivity index (χ1v) is 6.27. The van der Waals surface area contributed by atoms with Crippen molar-refractivity contribution in [3.8, 4) is 0 Å². The van der Waals surface area contributed by atoms with Crippen molar-refractivity contribution in [3.63, 3.8) is 0 Å². The maximum absolute atomic E-state index is 6.17. The van der Waals surface area contributed by atoms with Gasteiger partial charge in [0.2, 0.25) is 0 Å². The van der Waals surface area contributed by atoms with Crippen molar-refractivity contribution in [1.29, 1.82) is 0 Å². The average Bonchev–Trinajstić information content (AvgIpc) is 2.12. The molecule has 0 heterocycles. The molecular weight excluding hydrogens is 172 g/mol. The third-order valence-corrected chi connectivity index (χ3v) is 4.33. The van der Waals surface area contributed by atoms with E-state index in [4.69, 9.17) is 4.74 Å². The first-order valence-electron chi connectivity index (χ1n) is 6.27. The summed E-state index contributed by atoms with van der Waals surface area (Å²) < 4.78 is 6.17. The van der Waals surface area contributed by atoms with Crippen molar-refractivity contribution in [2.45, 2.75) is 57.5 Å². The molecule has 2 unspecified atom stereocenters. The summed E-state index contributed by atoms with van der Waals surface area (Å²) in [5.41, 5.74) is 0.315. The van der Waals surface area contributed by atoms with Gasteiger partial charge >= 0.3 is 0 Å². The van der Waals surface area contributed by atoms with E-state index in [1.807, 2.05) is 5.92 Å². The van der Waals surface area contributed by atoms with Crippen molar-refractivity contribution in [2.24, 2.45) is 11.8 Å². The third kappa shape index (κ3) is 1.41. The zero-order valence-electron chi connectivity index (χ0n) is 9.22. The van der Waals surface area contributed by atoms with Crippen LogP contribution in [0.2, 0.25) is 0 Å². The molecule has 0 amide bonds. The Morgan fingerprint density at radius 1 is 1.29 bits per heavy atom. The molecule has 4 rings (SSSR count). The summed E-state index contributed by atoms with van der Waals surface area (Å²) in [5, 5.41) is 0. The lowest BCUT2D eigenvalue weighted by molar-refractivity contribution is -0.132. The number of hydrogen-bond donors (Lipinski definition) is 0. The molecule has 4 saturated carbocycles. The largest absolute Gasteiger partial charge is 0.375 e. The Morgan fingerprint density at radius 2 is 2.00 bits per heavy atom. The molecule has 0 saturated heterocycles. The molecule has 0 N–H and O–H groups in total. The molecule has 79 valence electrons. The molecular formula is C13H21O. The smallest absolute Gasteiger partial charge is 0.0693 e. The van der Waals surface area contributed by atoms with E-state index < -0.39 is 0 Å². The average molecular weight is 193 g/mol. The molecule has 2 atom stereocenters. The summed E-state index contributed by atoms with van der Waals surface area (Å²) in [6.45, 7) is 3.19. The van der Waals surface area contributed by atoms with Gasteiger partial charge in [-0.2, -0.15) is 0 Å². The molecule has 1 heteroatoms. The second-order valence-corrected chi connectivity index (χ2v) is 5.74. The monoisotopic (exact) mass is 193 g/mol. The first-order chi connectivity index (χ1) is 6.80. The fourth-order valence-corrected chi connectivity index (χ4v) is 4.22. The number of hydrogen-bond acceptors (Lipinski definition) is 1. The Morgan fingerprint density at radius 3 is 2.57 bits per heavy atom. The molecule has 1 nitrogen and oxygen atoms in total. The molecule has 4 bridgehead atoms. The summed E-state index contributed by atoms with van der Waals surface area (Å²) in [5.74, 6) is 3.81. The Labute approximate surface area is 87.2 Å². The molecule has 0 aromatic rings. The number of ether oxygens (including phenoxy) is 1. The molecule has 1 radical (unpaired) electrons. The van der Waals surface area contributed by atoms with Crippen LogP contribution in [0, 0.1) is 17.8 Å². The van der Waals surface area contributed by atoms with Gasteiger partial charge in [0.05, 0.1) is 5.60 Å². The third-order valence-electron chi connectivity index (χ3n) is 4.33. The van der Waals surface area contributed by atoms with Gasteiger partial charge < -0.3 is 4.74 Å². The predicted molar refractivity (Wildman–Crippen MR) is 56.9 cm³/mol. The van der Waals surface area contributed by atoms with Crippen LogP contribution in [0.5, 0.6) is 0 Å². The summed E-state index contributed by atoms with van der Waals surface area (Å²) >= 11 is 0. The van der Waals surface area contributed by atoms with Gasteiger partial charge in [0.1, 0.15) is 0 Å². The Balaban J connectivity index is 1.74. The molecule has 0 aromatic heterocycles. The normalized spacial score (nSPS) is 46.1. The van der Waals surface area contributed by atoms with E-state index in [1.54, 1.807) is 0 Å². The first kappa shape index (κ1) is 9.21. The van der Waals surface area contributed by atoms with E-state index in [9.17, 15) is 0 Å². The fraction of sp³-hybridized carbons (Fsp3) is 0.923. The van der Waals surface area contributed by atoms with Crippen molar-refractivity contribution in [3.05, 3.63) is 5.92 Å². The Kier molecular flexibility index (Phi) is 2.12. The topological polar surface area (TPSA) is 9.23 Å². The van der Waals surface area contributed by atoms with Crippen molar-refractivity contribution in [1.82, 2.24) is 0 Å². The van der Waals surface area contributed by atoms with Crippen molar-refractivity contribution in [2.75, 3.05) is 6.61 Å². The highest BCUT2D eigenvalue weighted by molar-refractivity contribution is 5.15. The zero-order chi connectivity index (χ0) is 9.60. The summed E-state index contributed by atoms with van der Waals surface area (Å²) in [7, 11) is 0. The molecule has 4 fully saturated rings. The minimum absolute atomic E-state index is 0.315. The summed E-state index contributed by atoms with van der Waals surface area (Å²) in [6.07, 6.45) is 9.59. The highest BCUT2D eigenvalue weighted by atomic mass is 16.5. The Bertz CT molecular complexity index is 186. The van der Waals surface area contributed by atoms with Gasteiger partial charge in [-0.1, -0.05) is 6.92 Å². The highest BCUT2D eigenvalue weighted by Gasteiger charge is 2.51. The number of rotatable bonds is 3. The molecule has 14 heavy (non-hydrogen) atoms. The minimum Gasteiger partial charge on any atom is -0.375 e. The summed E-state index contributed by atoms with van der Waals surface area (Å²) in [6, 6.07) is 0. The van der Waals surface area contributed by atoms with Crippen LogP contribution in [0.1, 0.15) is 51.9 Å². The van der Waals surface area contributed by atoms with Crippen LogP contribution in [-0.2, 0) is 4.74 Å². The van der Waals surface area contributed by atoms with Gasteiger partial charge in [-0.05, 0) is 62.7 Å². The van der Waals surface area contributed by atoms with Crippen LogP contribution in [0.25, 0.3) is 0 Å². The molecule has 0 spiro atoms. The van der Waals surface area contributed by atoms with Crippen molar-refractivity contribution >= 4 is 0 Å². The van der Waals surface area contributed by atoms with E-state index in [1.165, 1.54) is 44.9 Å². The summed E-state index contributed by atoms with van der Waals surface area (Å²) in [4.78, 5) is 0. The highest BCUT2D eigenvalue weighted by Crippen LogP contribution is 2.57. The van der Waals surface area contributed by atoms with Gasteiger partial charge in [-0.15, -0.1) is 0 Å². The van der Waals surface area contributed by atoms with Crippen LogP contribution in [-0.4, -0.2) is 12.2 Å². The molecule has 0 aliphatic heterocycles. The van der Waals surface area contributed by atoms with Gasteiger partial charge in [0, 0.05) is 6.61 Å². The van der Waals surface area contributed by atoms with E-state index in [-0.39, 0.29) is 0 Å². The van der Waals surface area contributed by atoms with Gasteiger partial charge in [0.25, 0.3) is 0 Å². The maximum atomic E-state index is 6.17. The second kappa shape index (κ2) is 3.23. The SMILES string of the molecule is CCCOC12C[C]3CC(CC(C3)C1)C2. The standard InChI is InChI=1S/C13H21O/c1-2-3-14-13-7-10-4-11(8-13)6-12(5-10)9-13/h10-11H,2-9H2,1H3. The van der Waals surface area contributed by atoms with Gasteiger partial charge in [-0.3, -0.25) is 0 Å². The fourth-order valence-electron chi connectivity index (χ4n) is 4.22. The van der Waals surface area contributed by atoms with E-state index >= 15 is 0 Å². The molecule has 4 aliphatic carbocycles. The lowest BCUT2D eigenvalue weighted by atomic mass is 9.54. The van der Waals surface area contributed by atoms with Crippen molar-refractivity contribution < 1.29 is 4.74 Å². The molecule has 0 aromatic carbocycles. The van der Waals surface area contributed by atoms with Crippen LogP contribution in [0.3, 0.4) is 0 Å². The van der Waals surface area contributed by atoms with Gasteiger partial charge in [0.15, 0.2) is 0 Å². The van der Waals surface area contributed by atoms with E-state index in [0.717, 1.165) is 18.4 Å². The Hall–Kier alpha value is -0.0400. The predicted octanol–water partition coefficient (Wildman–Crippen LogP) is 3.34. The van der Waals surface area contributed by atoms with Crippen LogP contribution in [0.15, 0.2) is 0 Å². The maximum Gasteiger partial charge on any atom is 0.0693 e. The lowest BCUT2D eigenvalue weighted by Gasteiger charge is -2.56. The van der Waals surface area contributed by atoms with Crippen LogP contribution < -0.4 is 0 Å².